The lowest BCUT2D eigenvalue weighted by molar-refractivity contribution is -0.873. The van der Waals surface area contributed by atoms with Gasteiger partial charge in [0, 0.05) is 12.4 Å². The van der Waals surface area contributed by atoms with Crippen LogP contribution in [-0.4, -0.2) is 85.4 Å². The predicted molar refractivity (Wildman–Crippen MR) is 121 cm³/mol. The molecule has 0 aliphatic heterocycles. The molecule has 2 rings (SSSR count). The van der Waals surface area contributed by atoms with Crippen LogP contribution in [0, 0.1) is 0 Å². The van der Waals surface area contributed by atoms with Crippen LogP contribution in [0.4, 0.5) is 0 Å². The molecular weight excluding hydrogens is 474 g/mol. The molecule has 0 spiro atoms. The summed E-state index contributed by atoms with van der Waals surface area (Å²) in [6.07, 6.45) is -6.47. The summed E-state index contributed by atoms with van der Waals surface area (Å²) in [7, 11) is 5.14. The molecule has 0 amide bonds. The van der Waals surface area contributed by atoms with Gasteiger partial charge in [0.25, 0.3) is 0 Å². The van der Waals surface area contributed by atoms with E-state index >= 15 is 0 Å². The van der Waals surface area contributed by atoms with E-state index in [2.05, 4.69) is 0 Å². The number of esters is 3. The van der Waals surface area contributed by atoms with Gasteiger partial charge in [0.2, 0.25) is 12.2 Å². The van der Waals surface area contributed by atoms with Gasteiger partial charge < -0.3 is 33.7 Å². The third kappa shape index (κ3) is 8.84. The molecule has 3 atom stereocenters. The molecule has 0 saturated carbocycles. The largest absolute Gasteiger partial charge is 0.550 e. The average molecular weight is 501 g/mol. The number of aliphatic carboxylic acids is 2. The van der Waals surface area contributed by atoms with Gasteiger partial charge in [-0.05, 0) is 24.3 Å². The van der Waals surface area contributed by atoms with Crippen molar-refractivity contribution in [3.63, 3.8) is 0 Å². The van der Waals surface area contributed by atoms with Gasteiger partial charge in [-0.1, -0.05) is 36.4 Å². The van der Waals surface area contributed by atoms with Crippen LogP contribution in [0.3, 0.4) is 0 Å². The minimum absolute atomic E-state index is 0.00790. The molecule has 11 heteroatoms. The van der Waals surface area contributed by atoms with Crippen LogP contribution in [0.15, 0.2) is 60.7 Å². The number of hydrogen-bond donors (Lipinski definition) is 1. The summed E-state index contributed by atoms with van der Waals surface area (Å²) in [5.41, 5.74) is -0.0171. The van der Waals surface area contributed by atoms with Crippen molar-refractivity contribution in [3.8, 4) is 0 Å². The molecule has 1 unspecified atom stereocenters. The van der Waals surface area contributed by atoms with E-state index in [1.807, 2.05) is 0 Å². The summed E-state index contributed by atoms with van der Waals surface area (Å²) >= 11 is 0. The Bertz CT molecular complexity index is 1080. The lowest BCUT2D eigenvalue weighted by Crippen LogP contribution is -2.50. The second-order valence-corrected chi connectivity index (χ2v) is 8.83. The molecule has 0 aromatic heterocycles. The van der Waals surface area contributed by atoms with Crippen LogP contribution >= 0.6 is 0 Å². The van der Waals surface area contributed by atoms with Crippen molar-refractivity contribution < 1.29 is 52.9 Å². The highest BCUT2D eigenvalue weighted by molar-refractivity contribution is 5.95. The van der Waals surface area contributed by atoms with Gasteiger partial charge in [0.1, 0.15) is 6.54 Å². The maximum Gasteiger partial charge on any atom is 0.352 e. The smallest absolute Gasteiger partial charge is 0.352 e. The Labute approximate surface area is 207 Å². The first-order valence-corrected chi connectivity index (χ1v) is 10.8. The second-order valence-electron chi connectivity index (χ2n) is 8.83. The number of ether oxygens (including phenoxy) is 3. The van der Waals surface area contributed by atoms with Crippen molar-refractivity contribution in [1.29, 1.82) is 0 Å². The summed E-state index contributed by atoms with van der Waals surface area (Å²) in [6, 6.07) is 14.8. The number of hydrogen-bond acceptors (Lipinski definition) is 9. The van der Waals surface area contributed by atoms with Crippen LogP contribution in [-0.2, 0) is 28.6 Å². The molecule has 0 aliphatic carbocycles. The zero-order valence-corrected chi connectivity index (χ0v) is 20.0. The van der Waals surface area contributed by atoms with Crippen molar-refractivity contribution in [2.45, 2.75) is 24.7 Å². The quantitative estimate of drug-likeness (QED) is 0.243. The fraction of sp³-hybridized carbons (Fsp3) is 0.320. The van der Waals surface area contributed by atoms with Gasteiger partial charge in [-0.3, -0.25) is 0 Å². The number of carboxylic acid groups (broad SMARTS) is 2. The Hall–Kier alpha value is -4.25. The van der Waals surface area contributed by atoms with Gasteiger partial charge in [-0.15, -0.1) is 0 Å². The standard InChI is InChI=1S/C25H27NO10/c1-26(2,3)15-18(14-19(27)28)34-25(33)21(36-24(32)17-12-8-5-9-13-17)20(22(29)30)35-23(31)16-10-6-4-7-11-16/h4-13,18,20-21H,14-15H2,1-3H3,(H-,27,28,29,30)/t18?,20-,21-/m0/s1. The van der Waals surface area contributed by atoms with Crippen LogP contribution in [0.1, 0.15) is 27.1 Å². The van der Waals surface area contributed by atoms with Crippen LogP contribution in [0.2, 0.25) is 0 Å². The number of carbonyl (C=O) groups is 5. The Morgan fingerprint density at radius 3 is 1.61 bits per heavy atom. The highest BCUT2D eigenvalue weighted by Gasteiger charge is 2.43. The zero-order chi connectivity index (χ0) is 26.9. The van der Waals surface area contributed by atoms with Gasteiger partial charge >= 0.3 is 23.9 Å². The van der Waals surface area contributed by atoms with Crippen molar-refractivity contribution >= 4 is 29.8 Å². The van der Waals surface area contributed by atoms with Gasteiger partial charge in [-0.25, -0.2) is 19.2 Å². The predicted octanol–water partition coefficient (Wildman–Crippen LogP) is 0.280. The van der Waals surface area contributed by atoms with E-state index in [1.165, 1.54) is 48.5 Å². The van der Waals surface area contributed by atoms with E-state index in [1.54, 1.807) is 33.3 Å². The van der Waals surface area contributed by atoms with Crippen LogP contribution in [0.5, 0.6) is 0 Å². The second kappa shape index (κ2) is 12.5. The number of nitrogens with zero attached hydrogens (tertiary/aromatic N) is 1. The number of carboxylic acids is 2. The number of rotatable bonds is 12. The van der Waals surface area contributed by atoms with Crippen LogP contribution in [0.25, 0.3) is 0 Å². The third-order valence-electron chi connectivity index (χ3n) is 4.67. The number of quaternary nitrogens is 1. The van der Waals surface area contributed by atoms with E-state index in [0.717, 1.165) is 0 Å². The summed E-state index contributed by atoms with van der Waals surface area (Å²) in [5.74, 6) is -6.86. The number of carbonyl (C=O) groups excluding carboxylic acids is 4. The Balaban J connectivity index is 2.38. The average Bonchev–Trinajstić information content (AvgIpc) is 2.80. The lowest BCUT2D eigenvalue weighted by Gasteiger charge is -2.30. The van der Waals surface area contributed by atoms with E-state index in [-0.39, 0.29) is 22.2 Å². The maximum atomic E-state index is 13.1. The zero-order valence-electron chi connectivity index (χ0n) is 20.0. The fourth-order valence-corrected chi connectivity index (χ4v) is 3.16. The minimum atomic E-state index is -2.29. The molecule has 1 N–H and O–H groups in total. The Kier molecular flexibility index (Phi) is 9.68. The molecular formula is C25H27NO10. The molecule has 0 aliphatic rings. The summed E-state index contributed by atoms with van der Waals surface area (Å²) in [6.45, 7) is 0.0145. The topological polar surface area (TPSA) is 156 Å². The SMILES string of the molecule is C[N+](C)(C)CC(CC(=O)[O-])OC(=O)[C@@H](OC(=O)c1ccccc1)[C@H](OC(=O)c1ccccc1)C(=O)O. The molecule has 0 bridgehead atoms. The van der Waals surface area contributed by atoms with E-state index in [0.29, 0.717) is 0 Å². The first kappa shape index (κ1) is 28.0. The van der Waals surface area contributed by atoms with Crippen molar-refractivity contribution in [1.82, 2.24) is 0 Å². The number of benzene rings is 2. The molecule has 11 nitrogen and oxygen atoms in total. The van der Waals surface area contributed by atoms with Gasteiger partial charge in [0.05, 0.1) is 32.3 Å². The fourth-order valence-electron chi connectivity index (χ4n) is 3.16. The molecule has 36 heavy (non-hydrogen) atoms. The highest BCUT2D eigenvalue weighted by atomic mass is 16.6. The molecule has 2 aromatic rings. The van der Waals surface area contributed by atoms with Gasteiger partial charge in [-0.2, -0.15) is 0 Å². The first-order chi connectivity index (χ1) is 16.9. The molecule has 2 aromatic carbocycles. The van der Waals surface area contributed by atoms with Crippen molar-refractivity contribution in [2.24, 2.45) is 0 Å². The van der Waals surface area contributed by atoms with E-state index in [4.69, 9.17) is 14.2 Å². The van der Waals surface area contributed by atoms with E-state index < -0.39 is 54.6 Å². The highest BCUT2D eigenvalue weighted by Crippen LogP contribution is 2.16. The molecule has 0 heterocycles. The molecule has 0 saturated heterocycles. The van der Waals surface area contributed by atoms with E-state index in [9.17, 15) is 34.2 Å². The maximum absolute atomic E-state index is 13.1. The summed E-state index contributed by atoms with van der Waals surface area (Å²) in [4.78, 5) is 61.5. The number of likely N-dealkylation sites (N-methyl/N-ethyl adjacent to an activating group) is 1. The van der Waals surface area contributed by atoms with Gasteiger partial charge in [0.15, 0.2) is 6.10 Å². The first-order valence-electron chi connectivity index (χ1n) is 10.8. The lowest BCUT2D eigenvalue weighted by atomic mass is 10.1. The Morgan fingerprint density at radius 2 is 1.22 bits per heavy atom. The summed E-state index contributed by atoms with van der Waals surface area (Å²) < 4.78 is 15.6. The Morgan fingerprint density at radius 1 is 0.778 bits per heavy atom. The normalized spacial score (nSPS) is 13.5. The molecule has 0 fully saturated rings. The minimum Gasteiger partial charge on any atom is -0.550 e. The van der Waals surface area contributed by atoms with Crippen LogP contribution < -0.4 is 5.11 Å². The third-order valence-corrected chi connectivity index (χ3v) is 4.67. The summed E-state index contributed by atoms with van der Waals surface area (Å²) in [5, 5.41) is 21.0. The van der Waals surface area contributed by atoms with Crippen molar-refractivity contribution in [3.05, 3.63) is 71.8 Å². The molecule has 192 valence electrons. The van der Waals surface area contributed by atoms with Crippen molar-refractivity contribution in [2.75, 3.05) is 27.7 Å². The molecule has 0 radical (unpaired) electrons. The monoisotopic (exact) mass is 501 g/mol.